The van der Waals surface area contributed by atoms with Crippen LogP contribution >= 0.6 is 0 Å². The SMILES string of the molecule is CCC(O)CNC(=O)c1cnc(C)cn1. The van der Waals surface area contributed by atoms with Gasteiger partial charge in [0.1, 0.15) is 5.69 Å². The van der Waals surface area contributed by atoms with Crippen LogP contribution in [0.3, 0.4) is 0 Å². The molecule has 0 bridgehead atoms. The first-order valence-electron chi connectivity index (χ1n) is 4.88. The second kappa shape index (κ2) is 5.41. The zero-order valence-electron chi connectivity index (χ0n) is 8.90. The summed E-state index contributed by atoms with van der Waals surface area (Å²) in [6.07, 6.45) is 3.06. The zero-order valence-corrected chi connectivity index (χ0v) is 8.90. The van der Waals surface area contributed by atoms with Crippen molar-refractivity contribution in [1.29, 1.82) is 0 Å². The number of rotatable bonds is 4. The van der Waals surface area contributed by atoms with E-state index in [-0.39, 0.29) is 18.1 Å². The number of nitrogens with one attached hydrogen (secondary N) is 1. The molecule has 1 amide bonds. The number of amides is 1. The predicted octanol–water partition coefficient (Wildman–Crippen LogP) is 0.286. The van der Waals surface area contributed by atoms with Gasteiger partial charge in [0, 0.05) is 12.7 Å². The van der Waals surface area contributed by atoms with Gasteiger partial charge in [0.15, 0.2) is 0 Å². The van der Waals surface area contributed by atoms with Crippen LogP contribution in [-0.2, 0) is 0 Å². The summed E-state index contributed by atoms with van der Waals surface area (Å²) in [5.74, 6) is -0.310. The van der Waals surface area contributed by atoms with E-state index in [0.717, 1.165) is 5.69 Å². The molecule has 1 aromatic rings. The molecule has 0 saturated carbocycles. The molecule has 0 fully saturated rings. The van der Waals surface area contributed by atoms with Crippen molar-refractivity contribution in [2.75, 3.05) is 6.54 Å². The van der Waals surface area contributed by atoms with Crippen LogP contribution in [0.15, 0.2) is 12.4 Å². The number of carbonyl (C=O) groups excluding carboxylic acids is 1. The average molecular weight is 209 g/mol. The molecular weight excluding hydrogens is 194 g/mol. The molecule has 1 aromatic heterocycles. The second-order valence-electron chi connectivity index (χ2n) is 3.32. The fourth-order valence-corrected chi connectivity index (χ4v) is 0.955. The fourth-order valence-electron chi connectivity index (χ4n) is 0.955. The largest absolute Gasteiger partial charge is 0.391 e. The highest BCUT2D eigenvalue weighted by molar-refractivity contribution is 5.91. The lowest BCUT2D eigenvalue weighted by molar-refractivity contribution is 0.0908. The van der Waals surface area contributed by atoms with Crippen LogP contribution in [0, 0.1) is 6.92 Å². The first-order chi connectivity index (χ1) is 7.13. The molecule has 0 aliphatic heterocycles. The molecular formula is C10H15N3O2. The van der Waals surface area contributed by atoms with Crippen molar-refractivity contribution < 1.29 is 9.90 Å². The number of aryl methyl sites for hydroxylation is 1. The lowest BCUT2D eigenvalue weighted by Crippen LogP contribution is -2.32. The minimum Gasteiger partial charge on any atom is -0.391 e. The van der Waals surface area contributed by atoms with Crippen LogP contribution in [0.5, 0.6) is 0 Å². The molecule has 0 spiro atoms. The normalized spacial score (nSPS) is 12.2. The molecule has 1 atom stereocenters. The van der Waals surface area contributed by atoms with Crippen molar-refractivity contribution in [2.24, 2.45) is 0 Å². The van der Waals surface area contributed by atoms with Gasteiger partial charge in [-0.2, -0.15) is 0 Å². The first kappa shape index (κ1) is 11.6. The summed E-state index contributed by atoms with van der Waals surface area (Å²) in [5, 5.41) is 11.8. The maximum Gasteiger partial charge on any atom is 0.271 e. The lowest BCUT2D eigenvalue weighted by atomic mass is 10.3. The molecule has 5 nitrogen and oxygen atoms in total. The van der Waals surface area contributed by atoms with E-state index in [9.17, 15) is 9.90 Å². The first-order valence-corrected chi connectivity index (χ1v) is 4.88. The summed E-state index contributed by atoms with van der Waals surface area (Å²) in [7, 11) is 0. The van der Waals surface area contributed by atoms with E-state index in [1.165, 1.54) is 12.4 Å². The lowest BCUT2D eigenvalue weighted by Gasteiger charge is -2.08. The van der Waals surface area contributed by atoms with Gasteiger partial charge in [0.2, 0.25) is 0 Å². The molecule has 1 unspecified atom stereocenters. The summed E-state index contributed by atoms with van der Waals surface area (Å²) < 4.78 is 0. The van der Waals surface area contributed by atoms with Gasteiger partial charge in [-0.1, -0.05) is 6.92 Å². The molecule has 5 heteroatoms. The van der Waals surface area contributed by atoms with Crippen molar-refractivity contribution in [2.45, 2.75) is 26.4 Å². The van der Waals surface area contributed by atoms with Crippen molar-refractivity contribution in [3.8, 4) is 0 Å². The van der Waals surface area contributed by atoms with Crippen LogP contribution in [-0.4, -0.2) is 33.6 Å². The molecule has 1 heterocycles. The Morgan fingerprint density at radius 1 is 1.53 bits per heavy atom. The molecule has 0 aliphatic carbocycles. The number of aromatic nitrogens is 2. The van der Waals surface area contributed by atoms with E-state index in [1.807, 2.05) is 6.92 Å². The van der Waals surface area contributed by atoms with Gasteiger partial charge in [-0.05, 0) is 13.3 Å². The van der Waals surface area contributed by atoms with Gasteiger partial charge in [0.25, 0.3) is 5.91 Å². The van der Waals surface area contributed by atoms with Crippen LogP contribution in [0.25, 0.3) is 0 Å². The highest BCUT2D eigenvalue weighted by Gasteiger charge is 2.08. The Hall–Kier alpha value is -1.49. The van der Waals surface area contributed by atoms with E-state index >= 15 is 0 Å². The smallest absolute Gasteiger partial charge is 0.271 e. The molecule has 0 aliphatic rings. The minimum absolute atomic E-state index is 0.241. The Morgan fingerprint density at radius 3 is 2.80 bits per heavy atom. The topological polar surface area (TPSA) is 75.1 Å². The third kappa shape index (κ3) is 3.63. The molecule has 2 N–H and O–H groups in total. The van der Waals surface area contributed by atoms with Gasteiger partial charge in [-0.15, -0.1) is 0 Å². The molecule has 0 aromatic carbocycles. The van der Waals surface area contributed by atoms with Crippen LogP contribution in [0.4, 0.5) is 0 Å². The van der Waals surface area contributed by atoms with Crippen LogP contribution in [0.1, 0.15) is 29.5 Å². The Balaban J connectivity index is 2.50. The van der Waals surface area contributed by atoms with Gasteiger partial charge in [-0.3, -0.25) is 9.78 Å². The van der Waals surface area contributed by atoms with E-state index in [2.05, 4.69) is 15.3 Å². The number of nitrogens with zero attached hydrogens (tertiary/aromatic N) is 2. The molecule has 0 saturated heterocycles. The molecule has 0 radical (unpaired) electrons. The standard InChI is InChI=1S/C10H15N3O2/c1-3-8(14)5-13-10(15)9-6-11-7(2)4-12-9/h4,6,8,14H,3,5H2,1-2H3,(H,13,15). The number of aliphatic hydroxyl groups is 1. The summed E-state index contributed by atoms with van der Waals surface area (Å²) in [6.45, 7) is 3.89. The number of aliphatic hydroxyl groups excluding tert-OH is 1. The Kier molecular flexibility index (Phi) is 4.17. The van der Waals surface area contributed by atoms with E-state index < -0.39 is 6.10 Å². The van der Waals surface area contributed by atoms with Gasteiger partial charge in [0.05, 0.1) is 18.0 Å². The quantitative estimate of drug-likeness (QED) is 0.747. The highest BCUT2D eigenvalue weighted by atomic mass is 16.3. The molecule has 82 valence electrons. The molecule has 1 rings (SSSR count). The van der Waals surface area contributed by atoms with Crippen molar-refractivity contribution >= 4 is 5.91 Å². The van der Waals surface area contributed by atoms with Crippen molar-refractivity contribution in [3.05, 3.63) is 23.8 Å². The van der Waals surface area contributed by atoms with Crippen LogP contribution < -0.4 is 5.32 Å². The third-order valence-corrected chi connectivity index (χ3v) is 1.98. The Labute approximate surface area is 88.6 Å². The average Bonchev–Trinajstić information content (AvgIpc) is 2.26. The second-order valence-corrected chi connectivity index (χ2v) is 3.32. The van der Waals surface area contributed by atoms with E-state index in [0.29, 0.717) is 6.42 Å². The predicted molar refractivity (Wildman–Crippen MR) is 55.4 cm³/mol. The Morgan fingerprint density at radius 2 is 2.27 bits per heavy atom. The van der Waals surface area contributed by atoms with Gasteiger partial charge < -0.3 is 10.4 Å². The summed E-state index contributed by atoms with van der Waals surface area (Å²) >= 11 is 0. The maximum absolute atomic E-state index is 11.5. The summed E-state index contributed by atoms with van der Waals surface area (Å²) in [6, 6.07) is 0. The van der Waals surface area contributed by atoms with Crippen LogP contribution in [0.2, 0.25) is 0 Å². The fraction of sp³-hybridized carbons (Fsp3) is 0.500. The third-order valence-electron chi connectivity index (χ3n) is 1.98. The monoisotopic (exact) mass is 209 g/mol. The number of hydrogen-bond acceptors (Lipinski definition) is 4. The summed E-state index contributed by atoms with van der Waals surface area (Å²) in [5.41, 5.74) is 1.03. The summed E-state index contributed by atoms with van der Waals surface area (Å²) in [4.78, 5) is 19.3. The Bertz CT molecular complexity index is 324. The van der Waals surface area contributed by atoms with Gasteiger partial charge >= 0.3 is 0 Å². The zero-order chi connectivity index (χ0) is 11.3. The molecule has 15 heavy (non-hydrogen) atoms. The number of carbonyl (C=O) groups is 1. The van der Waals surface area contributed by atoms with Gasteiger partial charge in [-0.25, -0.2) is 4.98 Å². The number of hydrogen-bond donors (Lipinski definition) is 2. The van der Waals surface area contributed by atoms with E-state index in [4.69, 9.17) is 0 Å². The van der Waals surface area contributed by atoms with E-state index in [1.54, 1.807) is 6.92 Å². The highest BCUT2D eigenvalue weighted by Crippen LogP contribution is 1.94. The van der Waals surface area contributed by atoms with Crippen molar-refractivity contribution in [3.63, 3.8) is 0 Å². The van der Waals surface area contributed by atoms with Crippen molar-refractivity contribution in [1.82, 2.24) is 15.3 Å². The minimum atomic E-state index is -0.507. The maximum atomic E-state index is 11.5.